The standard InChI is InChI=1S/C7H3F4NO2/c8-2-1-12-5(6(10)11)3(4(2)9)7(13)14/h1,6H,(H,13,14). The minimum atomic E-state index is -3.27. The van der Waals surface area contributed by atoms with Crippen LogP contribution in [0.15, 0.2) is 6.20 Å². The van der Waals surface area contributed by atoms with Gasteiger partial charge < -0.3 is 5.11 Å². The molecular weight excluding hydrogens is 206 g/mol. The molecule has 0 radical (unpaired) electrons. The fourth-order valence-electron chi connectivity index (χ4n) is 0.848. The Morgan fingerprint density at radius 1 is 1.43 bits per heavy atom. The minimum absolute atomic E-state index is 0.212. The van der Waals surface area contributed by atoms with Gasteiger partial charge in [0.2, 0.25) is 0 Å². The lowest BCUT2D eigenvalue weighted by Gasteiger charge is -2.04. The predicted octanol–water partition coefficient (Wildman–Crippen LogP) is 2.00. The molecule has 0 saturated heterocycles. The third-order valence-electron chi connectivity index (χ3n) is 1.42. The first-order chi connectivity index (χ1) is 6.45. The van der Waals surface area contributed by atoms with Gasteiger partial charge in [-0.25, -0.2) is 22.4 Å². The smallest absolute Gasteiger partial charge is 0.340 e. The number of rotatable bonds is 2. The maximum atomic E-state index is 12.7. The van der Waals surface area contributed by atoms with Gasteiger partial charge in [0.05, 0.1) is 6.20 Å². The van der Waals surface area contributed by atoms with Gasteiger partial charge in [-0.3, -0.25) is 4.98 Å². The predicted molar refractivity (Wildman–Crippen MR) is 36.1 cm³/mol. The highest BCUT2D eigenvalue weighted by atomic mass is 19.3. The van der Waals surface area contributed by atoms with Crippen molar-refractivity contribution in [2.24, 2.45) is 0 Å². The zero-order chi connectivity index (χ0) is 10.9. The lowest BCUT2D eigenvalue weighted by Crippen LogP contribution is -2.10. The van der Waals surface area contributed by atoms with Gasteiger partial charge in [-0.15, -0.1) is 0 Å². The van der Waals surface area contributed by atoms with Crippen LogP contribution in [0.4, 0.5) is 17.6 Å². The quantitative estimate of drug-likeness (QED) is 0.757. The molecule has 3 nitrogen and oxygen atoms in total. The van der Waals surface area contributed by atoms with Gasteiger partial charge in [0.25, 0.3) is 6.43 Å². The van der Waals surface area contributed by atoms with Crippen LogP contribution in [-0.4, -0.2) is 16.1 Å². The second-order valence-electron chi connectivity index (χ2n) is 2.29. The Bertz CT molecular complexity index is 380. The molecule has 1 aromatic heterocycles. The van der Waals surface area contributed by atoms with E-state index in [-0.39, 0.29) is 6.20 Å². The first kappa shape index (κ1) is 10.4. The summed E-state index contributed by atoms with van der Waals surface area (Å²) < 4.78 is 49.4. The van der Waals surface area contributed by atoms with Crippen molar-refractivity contribution in [3.8, 4) is 0 Å². The molecule has 7 heteroatoms. The van der Waals surface area contributed by atoms with Crippen LogP contribution in [0.1, 0.15) is 22.5 Å². The van der Waals surface area contributed by atoms with Gasteiger partial charge in [0.15, 0.2) is 11.6 Å². The van der Waals surface area contributed by atoms with E-state index >= 15 is 0 Å². The normalized spacial score (nSPS) is 10.6. The van der Waals surface area contributed by atoms with Crippen molar-refractivity contribution >= 4 is 5.97 Å². The Morgan fingerprint density at radius 3 is 2.43 bits per heavy atom. The van der Waals surface area contributed by atoms with Crippen LogP contribution in [0.2, 0.25) is 0 Å². The van der Waals surface area contributed by atoms with Gasteiger partial charge in [-0.1, -0.05) is 0 Å². The molecule has 0 saturated carbocycles. The number of pyridine rings is 1. The fourth-order valence-corrected chi connectivity index (χ4v) is 0.848. The van der Waals surface area contributed by atoms with E-state index in [4.69, 9.17) is 5.11 Å². The summed E-state index contributed by atoms with van der Waals surface area (Å²) in [5, 5.41) is 8.34. The van der Waals surface area contributed by atoms with Gasteiger partial charge >= 0.3 is 5.97 Å². The SMILES string of the molecule is O=C(O)c1c(C(F)F)ncc(F)c1F. The molecule has 1 rings (SSSR count). The molecule has 14 heavy (non-hydrogen) atoms. The van der Waals surface area contributed by atoms with E-state index in [0.29, 0.717) is 0 Å². The molecule has 0 aliphatic rings. The van der Waals surface area contributed by atoms with Gasteiger partial charge in [-0.05, 0) is 0 Å². The molecule has 1 heterocycles. The highest BCUT2D eigenvalue weighted by Crippen LogP contribution is 2.23. The second kappa shape index (κ2) is 3.60. The number of aromatic carboxylic acids is 1. The first-order valence-electron chi connectivity index (χ1n) is 3.30. The van der Waals surface area contributed by atoms with E-state index < -0.39 is 35.3 Å². The van der Waals surface area contributed by atoms with E-state index in [1.807, 2.05) is 0 Å². The summed E-state index contributed by atoms with van der Waals surface area (Å²) in [6.07, 6.45) is -3.06. The van der Waals surface area contributed by atoms with Crippen molar-refractivity contribution in [3.05, 3.63) is 29.1 Å². The van der Waals surface area contributed by atoms with E-state index in [1.165, 1.54) is 0 Å². The van der Waals surface area contributed by atoms with E-state index in [9.17, 15) is 22.4 Å². The number of aromatic nitrogens is 1. The average molecular weight is 209 g/mol. The Labute approximate surface area is 75.0 Å². The minimum Gasteiger partial charge on any atom is -0.478 e. The highest BCUT2D eigenvalue weighted by molar-refractivity contribution is 5.89. The fraction of sp³-hybridized carbons (Fsp3) is 0.143. The number of carboxylic acid groups (broad SMARTS) is 1. The Balaban J connectivity index is 3.45. The first-order valence-corrected chi connectivity index (χ1v) is 3.30. The molecule has 0 bridgehead atoms. The Kier molecular flexibility index (Phi) is 2.68. The van der Waals surface area contributed by atoms with Crippen LogP contribution in [0.25, 0.3) is 0 Å². The molecule has 1 aromatic rings. The summed E-state index contributed by atoms with van der Waals surface area (Å²) in [6, 6.07) is 0. The van der Waals surface area contributed by atoms with E-state index in [1.54, 1.807) is 0 Å². The molecule has 0 aliphatic heterocycles. The van der Waals surface area contributed by atoms with Gasteiger partial charge in [-0.2, -0.15) is 0 Å². The van der Waals surface area contributed by atoms with Crippen molar-refractivity contribution in [1.29, 1.82) is 0 Å². The molecule has 0 aromatic carbocycles. The van der Waals surface area contributed by atoms with Crippen LogP contribution in [0, 0.1) is 11.6 Å². The lowest BCUT2D eigenvalue weighted by molar-refractivity contribution is 0.0674. The molecule has 0 fully saturated rings. The number of hydrogen-bond donors (Lipinski definition) is 1. The number of nitrogens with zero attached hydrogens (tertiary/aromatic N) is 1. The van der Waals surface area contributed by atoms with Crippen molar-refractivity contribution in [3.63, 3.8) is 0 Å². The van der Waals surface area contributed by atoms with Crippen molar-refractivity contribution in [1.82, 2.24) is 4.98 Å². The monoisotopic (exact) mass is 209 g/mol. The number of halogens is 4. The molecule has 0 aliphatic carbocycles. The van der Waals surface area contributed by atoms with Crippen molar-refractivity contribution in [2.75, 3.05) is 0 Å². The molecular formula is C7H3F4NO2. The highest BCUT2D eigenvalue weighted by Gasteiger charge is 2.26. The molecule has 0 spiro atoms. The summed E-state index contributed by atoms with van der Waals surface area (Å²) in [4.78, 5) is 13.1. The average Bonchev–Trinajstić information content (AvgIpc) is 2.08. The molecule has 1 N–H and O–H groups in total. The van der Waals surface area contributed by atoms with Gasteiger partial charge in [0.1, 0.15) is 11.3 Å². The van der Waals surface area contributed by atoms with E-state index in [2.05, 4.69) is 4.98 Å². The third-order valence-corrected chi connectivity index (χ3v) is 1.42. The molecule has 0 unspecified atom stereocenters. The molecule has 0 atom stereocenters. The largest absolute Gasteiger partial charge is 0.478 e. The Morgan fingerprint density at radius 2 is 2.00 bits per heavy atom. The Hall–Kier alpha value is -1.66. The summed E-state index contributed by atoms with van der Waals surface area (Å²) in [5.41, 5.74) is -2.71. The summed E-state index contributed by atoms with van der Waals surface area (Å²) in [7, 11) is 0. The number of alkyl halides is 2. The summed E-state index contributed by atoms with van der Waals surface area (Å²) in [5.74, 6) is -5.39. The van der Waals surface area contributed by atoms with Crippen molar-refractivity contribution in [2.45, 2.75) is 6.43 Å². The summed E-state index contributed by atoms with van der Waals surface area (Å²) >= 11 is 0. The zero-order valence-corrected chi connectivity index (χ0v) is 6.47. The summed E-state index contributed by atoms with van der Waals surface area (Å²) in [6.45, 7) is 0. The lowest BCUT2D eigenvalue weighted by atomic mass is 10.2. The topological polar surface area (TPSA) is 50.2 Å². The van der Waals surface area contributed by atoms with Crippen LogP contribution in [0.3, 0.4) is 0 Å². The number of hydrogen-bond acceptors (Lipinski definition) is 2. The van der Waals surface area contributed by atoms with E-state index in [0.717, 1.165) is 0 Å². The van der Waals surface area contributed by atoms with Crippen molar-refractivity contribution < 1.29 is 27.5 Å². The van der Waals surface area contributed by atoms with Gasteiger partial charge in [0, 0.05) is 0 Å². The second-order valence-corrected chi connectivity index (χ2v) is 2.29. The molecule has 0 amide bonds. The third kappa shape index (κ3) is 1.66. The maximum Gasteiger partial charge on any atom is 0.340 e. The van der Waals surface area contributed by atoms with Crippen LogP contribution < -0.4 is 0 Å². The van der Waals surface area contributed by atoms with Crippen LogP contribution >= 0.6 is 0 Å². The number of carboxylic acids is 1. The maximum absolute atomic E-state index is 12.7. The number of carbonyl (C=O) groups is 1. The van der Waals surface area contributed by atoms with Crippen LogP contribution in [-0.2, 0) is 0 Å². The van der Waals surface area contributed by atoms with Crippen LogP contribution in [0.5, 0.6) is 0 Å². The molecule has 76 valence electrons. The zero-order valence-electron chi connectivity index (χ0n) is 6.47.